The van der Waals surface area contributed by atoms with Crippen molar-refractivity contribution >= 4 is 37.1 Å². The summed E-state index contributed by atoms with van der Waals surface area (Å²) in [5, 5.41) is 0. The molecular formula is C22H17F6N3O6S2. The number of imidazole rings is 1. The lowest BCUT2D eigenvalue weighted by atomic mass is 9.88. The number of alkyl halides is 6. The van der Waals surface area contributed by atoms with Crippen LogP contribution in [0.5, 0.6) is 5.75 Å². The Morgan fingerprint density at radius 1 is 0.974 bits per heavy atom. The van der Waals surface area contributed by atoms with Gasteiger partial charge in [-0.25, -0.2) is 8.96 Å². The van der Waals surface area contributed by atoms with Crippen molar-refractivity contribution in [3.8, 4) is 5.75 Å². The minimum Gasteiger partial charge on any atom is -0.376 e. The summed E-state index contributed by atoms with van der Waals surface area (Å²) in [7, 11) is -11.7. The molecule has 1 unspecified atom stereocenters. The van der Waals surface area contributed by atoms with Gasteiger partial charge in [0.25, 0.3) is 5.91 Å². The van der Waals surface area contributed by atoms with Gasteiger partial charge >= 0.3 is 31.2 Å². The molecule has 9 nitrogen and oxygen atoms in total. The molecule has 0 saturated carbocycles. The van der Waals surface area contributed by atoms with E-state index in [2.05, 4.69) is 9.17 Å². The van der Waals surface area contributed by atoms with Crippen LogP contribution < -0.4 is 4.18 Å². The van der Waals surface area contributed by atoms with Crippen LogP contribution in [0, 0.1) is 0 Å². The highest BCUT2D eigenvalue weighted by molar-refractivity contribution is 7.91. The molecule has 1 fully saturated rings. The van der Waals surface area contributed by atoms with Crippen molar-refractivity contribution in [2.45, 2.75) is 42.2 Å². The van der Waals surface area contributed by atoms with Gasteiger partial charge in [0.2, 0.25) is 0 Å². The van der Waals surface area contributed by atoms with Crippen LogP contribution in [0.3, 0.4) is 0 Å². The molecule has 2 heterocycles. The topological polar surface area (TPSA) is 116 Å². The first-order valence-electron chi connectivity index (χ1n) is 11.2. The smallest absolute Gasteiger partial charge is 0.376 e. The second-order valence-corrected chi connectivity index (χ2v) is 12.4. The first-order valence-corrected chi connectivity index (χ1v) is 14.1. The van der Waals surface area contributed by atoms with Gasteiger partial charge in [-0.3, -0.25) is 4.79 Å². The van der Waals surface area contributed by atoms with Crippen LogP contribution in [0.15, 0.2) is 42.7 Å². The highest BCUT2D eigenvalue weighted by Crippen LogP contribution is 2.44. The fraction of sp³-hybridized carbons (Fsp3) is 0.364. The monoisotopic (exact) mass is 597 g/mol. The summed E-state index contributed by atoms with van der Waals surface area (Å²) >= 11 is 0. The molecule has 1 aliphatic heterocycles. The molecule has 1 aliphatic carbocycles. The van der Waals surface area contributed by atoms with E-state index in [-0.39, 0.29) is 27.5 Å². The van der Waals surface area contributed by atoms with Gasteiger partial charge in [0.05, 0.1) is 11.0 Å². The van der Waals surface area contributed by atoms with Crippen LogP contribution in [0.4, 0.5) is 26.3 Å². The molecule has 2 aliphatic rings. The number of fused-ring (bicyclic) bond motifs is 4. The molecule has 3 aromatic rings. The van der Waals surface area contributed by atoms with Gasteiger partial charge in [-0.15, -0.1) is 0 Å². The van der Waals surface area contributed by atoms with Crippen LogP contribution in [0.1, 0.15) is 40.2 Å². The Morgan fingerprint density at radius 3 is 2.36 bits per heavy atom. The van der Waals surface area contributed by atoms with Gasteiger partial charge in [-0.05, 0) is 60.7 Å². The van der Waals surface area contributed by atoms with Crippen molar-refractivity contribution in [3.63, 3.8) is 0 Å². The second kappa shape index (κ2) is 8.84. The Labute approximate surface area is 217 Å². The zero-order valence-electron chi connectivity index (χ0n) is 19.4. The maximum Gasteiger partial charge on any atom is 0.534 e. The van der Waals surface area contributed by atoms with E-state index < -0.39 is 54.4 Å². The number of hydrogen-bond donors (Lipinski definition) is 0. The standard InChI is InChI=1S/C22H17F6N3O6S2/c23-21(24,25)38(33,34)31-11-29-17-6-4-13(9-19(17)31)20(32)30-7-1-2-15-16-10-14(5-3-12(16)8-18(15)30)37-39(35,36)22(26,27)28/h3-6,9-11,15,18H,1-2,7-8H2/t15?,18-/m0/s1. The maximum absolute atomic E-state index is 13.5. The molecule has 1 amide bonds. The van der Waals surface area contributed by atoms with Crippen molar-refractivity contribution in [1.82, 2.24) is 13.9 Å². The van der Waals surface area contributed by atoms with Gasteiger partial charge in [-0.1, -0.05) is 6.07 Å². The molecule has 0 radical (unpaired) electrons. The highest BCUT2D eigenvalue weighted by Gasteiger charge is 2.49. The van der Waals surface area contributed by atoms with Crippen molar-refractivity contribution in [1.29, 1.82) is 0 Å². The molecular weight excluding hydrogens is 580 g/mol. The van der Waals surface area contributed by atoms with Crippen molar-refractivity contribution in [3.05, 3.63) is 59.4 Å². The molecule has 5 rings (SSSR count). The summed E-state index contributed by atoms with van der Waals surface area (Å²) in [5.74, 6) is -1.48. The van der Waals surface area contributed by atoms with Crippen LogP contribution in [0.25, 0.3) is 11.0 Å². The second-order valence-electron chi connectivity index (χ2n) is 9.06. The summed E-state index contributed by atoms with van der Waals surface area (Å²) in [6.45, 7) is 0.262. The Morgan fingerprint density at radius 2 is 1.69 bits per heavy atom. The quantitative estimate of drug-likeness (QED) is 0.255. The average Bonchev–Trinajstić information content (AvgIpc) is 3.43. The largest absolute Gasteiger partial charge is 0.534 e. The first-order chi connectivity index (χ1) is 18.0. The highest BCUT2D eigenvalue weighted by atomic mass is 32.2. The number of carbonyl (C=O) groups is 1. The number of piperidine rings is 1. The fourth-order valence-corrected chi connectivity index (χ4v) is 6.32. The normalized spacial score (nSPS) is 20.1. The molecule has 1 aromatic heterocycles. The summed E-state index contributed by atoms with van der Waals surface area (Å²) in [6.07, 6.45) is 1.80. The molecule has 2 aromatic carbocycles. The van der Waals surface area contributed by atoms with Gasteiger partial charge in [0.1, 0.15) is 12.1 Å². The molecule has 0 N–H and O–H groups in total. The predicted octanol–water partition coefficient (Wildman–Crippen LogP) is 3.91. The zero-order chi connectivity index (χ0) is 28.5. The minimum atomic E-state index is -5.88. The number of nitrogens with zero attached hydrogens (tertiary/aromatic N) is 3. The number of hydrogen-bond acceptors (Lipinski definition) is 7. The van der Waals surface area contributed by atoms with Gasteiger partial charge in [0.15, 0.2) is 0 Å². The maximum atomic E-state index is 13.5. The van der Waals surface area contributed by atoms with E-state index in [0.29, 0.717) is 36.7 Å². The van der Waals surface area contributed by atoms with Gasteiger partial charge in [0, 0.05) is 24.1 Å². The molecule has 0 bridgehead atoms. The number of rotatable bonds is 4. The third-order valence-corrected chi connectivity index (χ3v) is 9.16. The summed E-state index contributed by atoms with van der Waals surface area (Å²) in [4.78, 5) is 18.6. The third kappa shape index (κ3) is 4.50. The van der Waals surface area contributed by atoms with Crippen molar-refractivity contribution in [2.75, 3.05) is 6.54 Å². The minimum absolute atomic E-state index is 0.0416. The average molecular weight is 598 g/mol. The Bertz CT molecular complexity index is 1700. The molecule has 1 saturated heterocycles. The Kier molecular flexibility index (Phi) is 6.17. The number of benzene rings is 2. The summed E-state index contributed by atoms with van der Waals surface area (Å²) in [5.41, 5.74) is -10.6. The molecule has 39 heavy (non-hydrogen) atoms. The molecule has 210 valence electrons. The number of aromatic nitrogens is 2. The van der Waals surface area contributed by atoms with E-state index in [9.17, 15) is 48.0 Å². The van der Waals surface area contributed by atoms with E-state index in [1.165, 1.54) is 29.2 Å². The van der Waals surface area contributed by atoms with E-state index in [1.54, 1.807) is 0 Å². The fourth-order valence-electron chi connectivity index (χ4n) is 5.07. The van der Waals surface area contributed by atoms with E-state index in [4.69, 9.17) is 0 Å². The van der Waals surface area contributed by atoms with E-state index >= 15 is 0 Å². The Balaban J connectivity index is 1.44. The van der Waals surface area contributed by atoms with Crippen LogP contribution in [0.2, 0.25) is 0 Å². The Hall–Kier alpha value is -3.34. The first kappa shape index (κ1) is 27.2. The number of halogens is 6. The van der Waals surface area contributed by atoms with Crippen LogP contribution >= 0.6 is 0 Å². The number of amides is 1. The molecule has 2 atom stereocenters. The summed E-state index contributed by atoms with van der Waals surface area (Å²) < 4.78 is 128. The van der Waals surface area contributed by atoms with Gasteiger partial charge in [-0.2, -0.15) is 43.2 Å². The SMILES string of the molecule is O=C(c1ccc2ncn(S(=O)(=O)C(F)(F)F)c2c1)N1CCCC2c3cc(OS(=O)(=O)C(F)(F)F)ccc3C[C@@H]21. The molecule has 17 heteroatoms. The third-order valence-electron chi connectivity index (χ3n) is 6.79. The lowest BCUT2D eigenvalue weighted by Crippen LogP contribution is -2.46. The zero-order valence-corrected chi connectivity index (χ0v) is 21.0. The predicted molar refractivity (Wildman–Crippen MR) is 123 cm³/mol. The lowest BCUT2D eigenvalue weighted by Gasteiger charge is -2.38. The van der Waals surface area contributed by atoms with Crippen molar-refractivity contribution in [2.24, 2.45) is 0 Å². The van der Waals surface area contributed by atoms with Crippen LogP contribution in [-0.4, -0.2) is 60.2 Å². The molecule has 0 spiro atoms. The van der Waals surface area contributed by atoms with Crippen molar-refractivity contribution < 1.29 is 52.2 Å². The van der Waals surface area contributed by atoms with E-state index in [0.717, 1.165) is 12.1 Å². The number of likely N-dealkylation sites (tertiary alicyclic amines) is 1. The summed E-state index contributed by atoms with van der Waals surface area (Å²) in [6, 6.07) is 6.77. The lowest BCUT2D eigenvalue weighted by molar-refractivity contribution is -0.0500. The van der Waals surface area contributed by atoms with Gasteiger partial charge < -0.3 is 9.08 Å². The van der Waals surface area contributed by atoms with Crippen LogP contribution in [-0.2, 0) is 26.6 Å². The van der Waals surface area contributed by atoms with E-state index in [1.807, 2.05) is 0 Å². The number of carbonyl (C=O) groups excluding carboxylic acids is 1.